The van der Waals surface area contributed by atoms with E-state index in [9.17, 15) is 12.8 Å². The average molecular weight is 298 g/mol. The first-order valence-corrected chi connectivity index (χ1v) is 6.47. The lowest BCUT2D eigenvalue weighted by Crippen LogP contribution is -2.21. The van der Waals surface area contributed by atoms with E-state index >= 15 is 0 Å². The first-order valence-electron chi connectivity index (χ1n) is 3.96. The number of nitrogens with two attached hydrogens (primary N) is 1. The van der Waals surface area contributed by atoms with E-state index < -0.39 is 15.8 Å². The van der Waals surface area contributed by atoms with E-state index in [0.717, 1.165) is 6.07 Å². The van der Waals surface area contributed by atoms with Crippen molar-refractivity contribution in [3.63, 3.8) is 0 Å². The van der Waals surface area contributed by atoms with Gasteiger partial charge in [0.1, 0.15) is 18.2 Å². The smallest absolute Gasteiger partial charge is 0.212 e. The predicted octanol–water partition coefficient (Wildman–Crippen LogP) is 1.26. The number of hydrogen-bond acceptors (Lipinski definition) is 3. The molecule has 0 amide bonds. The largest absolute Gasteiger partial charge is 0.492 e. The molecule has 0 saturated carbocycles. The van der Waals surface area contributed by atoms with Crippen LogP contribution >= 0.6 is 15.9 Å². The van der Waals surface area contributed by atoms with Crippen LogP contribution in [-0.2, 0) is 10.0 Å². The molecule has 0 atom stereocenters. The molecule has 0 aliphatic heterocycles. The zero-order valence-electron chi connectivity index (χ0n) is 7.61. The maximum Gasteiger partial charge on any atom is 0.212 e. The molecule has 4 nitrogen and oxygen atoms in total. The second kappa shape index (κ2) is 4.91. The third-order valence-electron chi connectivity index (χ3n) is 1.47. The lowest BCUT2D eigenvalue weighted by atomic mass is 10.3. The van der Waals surface area contributed by atoms with Crippen molar-refractivity contribution in [1.82, 2.24) is 0 Å². The van der Waals surface area contributed by atoms with Crippen LogP contribution in [0.4, 0.5) is 4.39 Å². The van der Waals surface area contributed by atoms with Gasteiger partial charge in [-0.05, 0) is 12.1 Å². The Morgan fingerprint density at radius 1 is 1.40 bits per heavy atom. The minimum atomic E-state index is -3.54. The van der Waals surface area contributed by atoms with Gasteiger partial charge in [0.05, 0.1) is 5.75 Å². The topological polar surface area (TPSA) is 69.4 Å². The molecule has 0 heterocycles. The first-order chi connectivity index (χ1) is 6.87. The first kappa shape index (κ1) is 12.4. The minimum Gasteiger partial charge on any atom is -0.492 e. The standard InChI is InChI=1S/C8H9BrFNO3S/c9-6-3-7(10)5-8(4-6)14-1-2-15(11,12)13/h3-5H,1-2H2,(H2,11,12,13). The van der Waals surface area contributed by atoms with E-state index in [-0.39, 0.29) is 18.1 Å². The van der Waals surface area contributed by atoms with Gasteiger partial charge < -0.3 is 4.74 Å². The molecule has 0 radical (unpaired) electrons. The quantitative estimate of drug-likeness (QED) is 0.909. The Kier molecular flexibility index (Phi) is 4.06. The minimum absolute atomic E-state index is 0.102. The lowest BCUT2D eigenvalue weighted by Gasteiger charge is -2.05. The van der Waals surface area contributed by atoms with Crippen molar-refractivity contribution in [2.75, 3.05) is 12.4 Å². The van der Waals surface area contributed by atoms with Crippen molar-refractivity contribution in [2.45, 2.75) is 0 Å². The zero-order valence-corrected chi connectivity index (χ0v) is 10.0. The second-order valence-corrected chi connectivity index (χ2v) is 5.47. The second-order valence-electron chi connectivity index (χ2n) is 2.82. The van der Waals surface area contributed by atoms with Crippen LogP contribution in [0.1, 0.15) is 0 Å². The van der Waals surface area contributed by atoms with Crippen molar-refractivity contribution < 1.29 is 17.5 Å². The van der Waals surface area contributed by atoms with Crippen molar-refractivity contribution in [3.05, 3.63) is 28.5 Å². The van der Waals surface area contributed by atoms with Crippen LogP contribution in [0.5, 0.6) is 5.75 Å². The average Bonchev–Trinajstić information content (AvgIpc) is 1.99. The molecule has 0 fully saturated rings. The Labute approximate surface area is 95.4 Å². The highest BCUT2D eigenvalue weighted by Crippen LogP contribution is 2.20. The van der Waals surface area contributed by atoms with E-state index in [2.05, 4.69) is 15.9 Å². The van der Waals surface area contributed by atoms with Crippen molar-refractivity contribution in [2.24, 2.45) is 5.14 Å². The number of benzene rings is 1. The summed E-state index contributed by atoms with van der Waals surface area (Å²) in [6, 6.07) is 3.96. The van der Waals surface area contributed by atoms with Crippen LogP contribution in [-0.4, -0.2) is 20.8 Å². The highest BCUT2D eigenvalue weighted by molar-refractivity contribution is 9.10. The van der Waals surface area contributed by atoms with Gasteiger partial charge in [-0.2, -0.15) is 0 Å². The van der Waals surface area contributed by atoms with Crippen LogP contribution < -0.4 is 9.88 Å². The van der Waals surface area contributed by atoms with Gasteiger partial charge in [0, 0.05) is 10.5 Å². The molecule has 1 aromatic rings. The SMILES string of the molecule is NS(=O)(=O)CCOc1cc(F)cc(Br)c1. The highest BCUT2D eigenvalue weighted by Gasteiger charge is 2.04. The van der Waals surface area contributed by atoms with Crippen molar-refractivity contribution in [1.29, 1.82) is 0 Å². The van der Waals surface area contributed by atoms with E-state index in [1.54, 1.807) is 0 Å². The van der Waals surface area contributed by atoms with E-state index in [0.29, 0.717) is 4.47 Å². The third-order valence-corrected chi connectivity index (χ3v) is 2.67. The van der Waals surface area contributed by atoms with E-state index in [1.807, 2.05) is 0 Å². The van der Waals surface area contributed by atoms with Gasteiger partial charge in [-0.3, -0.25) is 0 Å². The number of sulfonamides is 1. The Morgan fingerprint density at radius 3 is 2.60 bits per heavy atom. The Hall–Kier alpha value is -0.660. The molecular weight excluding hydrogens is 289 g/mol. The maximum atomic E-state index is 12.8. The van der Waals surface area contributed by atoms with Gasteiger partial charge >= 0.3 is 0 Å². The molecule has 1 aromatic carbocycles. The van der Waals surface area contributed by atoms with Gasteiger partial charge in [0.15, 0.2) is 0 Å². The summed E-state index contributed by atoms with van der Waals surface area (Å²) in [4.78, 5) is 0. The highest BCUT2D eigenvalue weighted by atomic mass is 79.9. The van der Waals surface area contributed by atoms with Crippen LogP contribution in [0.15, 0.2) is 22.7 Å². The number of rotatable bonds is 4. The summed E-state index contributed by atoms with van der Waals surface area (Å²) in [5.41, 5.74) is 0. The summed E-state index contributed by atoms with van der Waals surface area (Å²) in [7, 11) is -3.54. The fraction of sp³-hybridized carbons (Fsp3) is 0.250. The van der Waals surface area contributed by atoms with Gasteiger partial charge in [0.2, 0.25) is 10.0 Å². The van der Waals surface area contributed by atoms with Gasteiger partial charge in [-0.15, -0.1) is 0 Å². The summed E-state index contributed by atoms with van der Waals surface area (Å²) < 4.78 is 39.5. The van der Waals surface area contributed by atoms with Gasteiger partial charge in [-0.1, -0.05) is 15.9 Å². The monoisotopic (exact) mass is 297 g/mol. The summed E-state index contributed by atoms with van der Waals surface area (Å²) in [5, 5.41) is 4.77. The molecule has 7 heteroatoms. The molecule has 0 unspecified atom stereocenters. The molecule has 0 aromatic heterocycles. The van der Waals surface area contributed by atoms with Crippen molar-refractivity contribution >= 4 is 26.0 Å². The molecule has 0 bridgehead atoms. The predicted molar refractivity (Wildman–Crippen MR) is 57.6 cm³/mol. The number of hydrogen-bond donors (Lipinski definition) is 1. The summed E-state index contributed by atoms with van der Waals surface area (Å²) in [6.45, 7) is -0.102. The Bertz CT molecular complexity index is 429. The van der Waals surface area contributed by atoms with Crippen LogP contribution in [0.25, 0.3) is 0 Å². The summed E-state index contributed by atoms with van der Waals surface area (Å²) in [5.74, 6) is -0.512. The summed E-state index contributed by atoms with van der Waals surface area (Å²) in [6.07, 6.45) is 0. The van der Waals surface area contributed by atoms with Gasteiger partial charge in [-0.25, -0.2) is 17.9 Å². The number of halogens is 2. The normalized spacial score (nSPS) is 11.4. The molecule has 0 aliphatic rings. The fourth-order valence-corrected chi connectivity index (χ4v) is 1.65. The lowest BCUT2D eigenvalue weighted by molar-refractivity contribution is 0.338. The van der Waals surface area contributed by atoms with Crippen molar-refractivity contribution in [3.8, 4) is 5.75 Å². The number of ether oxygens (including phenoxy) is 1. The van der Waals surface area contributed by atoms with E-state index in [4.69, 9.17) is 9.88 Å². The molecule has 0 aliphatic carbocycles. The van der Waals surface area contributed by atoms with Crippen LogP contribution in [0.3, 0.4) is 0 Å². The third kappa shape index (κ3) is 5.10. The molecule has 1 rings (SSSR count). The molecule has 15 heavy (non-hydrogen) atoms. The zero-order chi connectivity index (χ0) is 11.5. The van der Waals surface area contributed by atoms with E-state index in [1.165, 1.54) is 12.1 Å². The van der Waals surface area contributed by atoms with Crippen LogP contribution in [0.2, 0.25) is 0 Å². The number of primary sulfonamides is 1. The summed E-state index contributed by atoms with van der Waals surface area (Å²) >= 11 is 3.08. The maximum absolute atomic E-state index is 12.8. The Balaban J connectivity index is 2.58. The molecule has 0 saturated heterocycles. The molecular formula is C8H9BrFNO3S. The molecule has 84 valence electrons. The fourth-order valence-electron chi connectivity index (χ4n) is 0.888. The molecule has 2 N–H and O–H groups in total. The Morgan fingerprint density at radius 2 is 2.07 bits per heavy atom. The van der Waals surface area contributed by atoms with Crippen LogP contribution in [0, 0.1) is 5.82 Å². The molecule has 0 spiro atoms. The van der Waals surface area contributed by atoms with Gasteiger partial charge in [0.25, 0.3) is 0 Å².